The van der Waals surface area contributed by atoms with Crippen molar-refractivity contribution in [1.29, 1.82) is 0 Å². The van der Waals surface area contributed by atoms with Gasteiger partial charge in [-0.25, -0.2) is 4.98 Å². The molecule has 23 heavy (non-hydrogen) atoms. The summed E-state index contributed by atoms with van der Waals surface area (Å²) in [5, 5.41) is 0.730. The summed E-state index contributed by atoms with van der Waals surface area (Å²) in [5.41, 5.74) is 1.00. The zero-order chi connectivity index (χ0) is 16.2. The average Bonchev–Trinajstić information content (AvgIpc) is 2.83. The first-order valence-electron chi connectivity index (χ1n) is 7.39. The lowest BCUT2D eigenvalue weighted by Crippen LogP contribution is -2.11. The molecule has 0 unspecified atom stereocenters. The molecular formula is C17H18N2O2S2. The second-order valence-corrected chi connectivity index (χ2v) is 7.50. The molecule has 0 amide bonds. The number of hydrogen-bond acceptors (Lipinski definition) is 5. The maximum atomic E-state index is 12.2. The van der Waals surface area contributed by atoms with E-state index < -0.39 is 0 Å². The molecule has 4 nitrogen and oxygen atoms in total. The van der Waals surface area contributed by atoms with Crippen molar-refractivity contribution in [2.75, 3.05) is 12.4 Å². The van der Waals surface area contributed by atoms with Gasteiger partial charge in [-0.2, -0.15) is 11.8 Å². The number of aromatic nitrogens is 2. The number of para-hydroxylation sites is 1. The molecule has 6 heteroatoms. The van der Waals surface area contributed by atoms with Crippen LogP contribution in [0.4, 0.5) is 0 Å². The SMILES string of the molecule is Cc1sc2nc(CSCCOc3ccccc3)[nH]c(=O)c2c1C. The molecule has 0 spiro atoms. The summed E-state index contributed by atoms with van der Waals surface area (Å²) in [6.45, 7) is 4.63. The van der Waals surface area contributed by atoms with E-state index in [4.69, 9.17) is 4.74 Å². The van der Waals surface area contributed by atoms with Crippen LogP contribution in [-0.4, -0.2) is 22.3 Å². The minimum atomic E-state index is -0.0343. The van der Waals surface area contributed by atoms with E-state index in [1.807, 2.05) is 44.2 Å². The molecule has 0 bridgehead atoms. The Morgan fingerprint density at radius 1 is 1.26 bits per heavy atom. The molecule has 0 aliphatic rings. The highest BCUT2D eigenvalue weighted by Crippen LogP contribution is 2.26. The number of hydrogen-bond donors (Lipinski definition) is 1. The maximum Gasteiger partial charge on any atom is 0.259 e. The van der Waals surface area contributed by atoms with Gasteiger partial charge in [0.25, 0.3) is 5.56 Å². The van der Waals surface area contributed by atoms with Crippen LogP contribution >= 0.6 is 23.1 Å². The smallest absolute Gasteiger partial charge is 0.259 e. The summed E-state index contributed by atoms with van der Waals surface area (Å²) in [7, 11) is 0. The summed E-state index contributed by atoms with van der Waals surface area (Å²) < 4.78 is 5.65. The second kappa shape index (κ2) is 7.19. The van der Waals surface area contributed by atoms with Gasteiger partial charge in [0.05, 0.1) is 17.7 Å². The molecule has 0 saturated carbocycles. The number of H-pyrrole nitrogens is 1. The largest absolute Gasteiger partial charge is 0.493 e. The van der Waals surface area contributed by atoms with Crippen LogP contribution in [-0.2, 0) is 5.75 Å². The van der Waals surface area contributed by atoms with Crippen LogP contribution in [0.1, 0.15) is 16.3 Å². The van der Waals surface area contributed by atoms with Crippen LogP contribution in [0.15, 0.2) is 35.1 Å². The predicted octanol–water partition coefficient (Wildman–Crippen LogP) is 3.91. The number of nitrogens with zero attached hydrogens (tertiary/aromatic N) is 1. The van der Waals surface area contributed by atoms with Crippen molar-refractivity contribution >= 4 is 33.3 Å². The normalized spacial score (nSPS) is 11.0. The van der Waals surface area contributed by atoms with Gasteiger partial charge in [-0.1, -0.05) is 18.2 Å². The molecule has 0 atom stereocenters. The van der Waals surface area contributed by atoms with Crippen LogP contribution < -0.4 is 10.3 Å². The van der Waals surface area contributed by atoms with E-state index in [0.29, 0.717) is 12.4 Å². The number of aromatic amines is 1. The fourth-order valence-electron chi connectivity index (χ4n) is 2.27. The van der Waals surface area contributed by atoms with Gasteiger partial charge in [0.1, 0.15) is 16.4 Å². The number of rotatable bonds is 6. The summed E-state index contributed by atoms with van der Waals surface area (Å²) in [5.74, 6) is 3.14. The first-order chi connectivity index (χ1) is 11.1. The fraction of sp³-hybridized carbons (Fsp3) is 0.294. The molecule has 0 radical (unpaired) electrons. The van der Waals surface area contributed by atoms with Crippen LogP contribution in [0, 0.1) is 13.8 Å². The second-order valence-electron chi connectivity index (χ2n) is 5.19. The summed E-state index contributed by atoms with van der Waals surface area (Å²) in [6, 6.07) is 9.76. The Morgan fingerprint density at radius 3 is 2.83 bits per heavy atom. The van der Waals surface area contributed by atoms with Crippen molar-refractivity contribution < 1.29 is 4.74 Å². The van der Waals surface area contributed by atoms with Gasteiger partial charge in [0.2, 0.25) is 0 Å². The van der Waals surface area contributed by atoms with Gasteiger partial charge in [-0.15, -0.1) is 11.3 Å². The van der Waals surface area contributed by atoms with Crippen LogP contribution in [0.2, 0.25) is 0 Å². The summed E-state index contributed by atoms with van der Waals surface area (Å²) in [4.78, 5) is 21.6. The number of aryl methyl sites for hydroxylation is 2. The average molecular weight is 346 g/mol. The lowest BCUT2D eigenvalue weighted by atomic mass is 10.2. The lowest BCUT2D eigenvalue weighted by molar-refractivity contribution is 0.344. The van der Waals surface area contributed by atoms with Crippen LogP contribution in [0.25, 0.3) is 10.2 Å². The standard InChI is InChI=1S/C17H18N2O2S2/c1-11-12(2)23-17-15(11)16(20)18-14(19-17)10-22-9-8-21-13-6-4-3-5-7-13/h3-7H,8-10H2,1-2H3,(H,18,19,20). The third kappa shape index (κ3) is 3.76. The molecule has 0 aliphatic carbocycles. The Balaban J connectivity index is 1.56. The van der Waals surface area contributed by atoms with Crippen molar-refractivity contribution in [3.05, 3.63) is 57.0 Å². The molecule has 3 aromatic rings. The first-order valence-corrected chi connectivity index (χ1v) is 9.37. The van der Waals surface area contributed by atoms with Crippen LogP contribution in [0.3, 0.4) is 0 Å². The van der Waals surface area contributed by atoms with Gasteiger partial charge in [0.15, 0.2) is 0 Å². The van der Waals surface area contributed by atoms with Crippen molar-refractivity contribution in [1.82, 2.24) is 9.97 Å². The van der Waals surface area contributed by atoms with Gasteiger partial charge in [-0.3, -0.25) is 4.79 Å². The van der Waals surface area contributed by atoms with Crippen molar-refractivity contribution in [2.24, 2.45) is 0 Å². The number of benzene rings is 1. The molecule has 0 fully saturated rings. The molecule has 1 N–H and O–H groups in total. The van der Waals surface area contributed by atoms with Crippen molar-refractivity contribution in [3.63, 3.8) is 0 Å². The highest BCUT2D eigenvalue weighted by atomic mass is 32.2. The maximum absolute atomic E-state index is 12.2. The number of thioether (sulfide) groups is 1. The molecule has 2 aromatic heterocycles. The van der Waals surface area contributed by atoms with Crippen molar-refractivity contribution in [3.8, 4) is 5.75 Å². The van der Waals surface area contributed by atoms with Gasteiger partial charge < -0.3 is 9.72 Å². The van der Waals surface area contributed by atoms with E-state index >= 15 is 0 Å². The van der Waals surface area contributed by atoms with E-state index in [0.717, 1.165) is 38.0 Å². The molecule has 1 aromatic carbocycles. The van der Waals surface area contributed by atoms with E-state index in [1.54, 1.807) is 23.1 Å². The number of nitrogens with one attached hydrogen (secondary N) is 1. The van der Waals surface area contributed by atoms with Gasteiger partial charge in [0, 0.05) is 10.6 Å². The highest BCUT2D eigenvalue weighted by molar-refractivity contribution is 7.98. The quantitative estimate of drug-likeness (QED) is 0.688. The fourth-order valence-corrected chi connectivity index (χ4v) is 4.00. The number of thiophene rings is 1. The van der Waals surface area contributed by atoms with E-state index in [9.17, 15) is 4.79 Å². The van der Waals surface area contributed by atoms with Gasteiger partial charge in [-0.05, 0) is 31.5 Å². The molecular weight excluding hydrogens is 328 g/mol. The Bertz CT molecular complexity index is 856. The third-order valence-electron chi connectivity index (χ3n) is 3.57. The molecule has 2 heterocycles. The minimum Gasteiger partial charge on any atom is -0.493 e. The van der Waals surface area contributed by atoms with E-state index in [2.05, 4.69) is 9.97 Å². The molecule has 120 valence electrons. The molecule has 0 aliphatic heterocycles. The Hall–Kier alpha value is -1.79. The molecule has 0 saturated heterocycles. The summed E-state index contributed by atoms with van der Waals surface area (Å²) >= 11 is 3.28. The third-order valence-corrected chi connectivity index (χ3v) is 5.60. The topological polar surface area (TPSA) is 55.0 Å². The van der Waals surface area contributed by atoms with E-state index in [1.165, 1.54) is 0 Å². The Kier molecular flexibility index (Phi) is 5.03. The number of ether oxygens (including phenoxy) is 1. The zero-order valence-electron chi connectivity index (χ0n) is 13.1. The zero-order valence-corrected chi connectivity index (χ0v) is 14.7. The first kappa shape index (κ1) is 16.1. The molecule has 3 rings (SSSR count). The highest BCUT2D eigenvalue weighted by Gasteiger charge is 2.11. The van der Waals surface area contributed by atoms with Crippen LogP contribution in [0.5, 0.6) is 5.75 Å². The Labute approximate surface area is 142 Å². The minimum absolute atomic E-state index is 0.0343. The number of fused-ring (bicyclic) bond motifs is 1. The Morgan fingerprint density at radius 2 is 2.04 bits per heavy atom. The van der Waals surface area contributed by atoms with E-state index in [-0.39, 0.29) is 5.56 Å². The van der Waals surface area contributed by atoms with Crippen molar-refractivity contribution in [2.45, 2.75) is 19.6 Å². The predicted molar refractivity (Wildman–Crippen MR) is 97.8 cm³/mol. The monoisotopic (exact) mass is 346 g/mol. The lowest BCUT2D eigenvalue weighted by Gasteiger charge is -2.05. The summed E-state index contributed by atoms with van der Waals surface area (Å²) in [6.07, 6.45) is 0. The van der Waals surface area contributed by atoms with Gasteiger partial charge >= 0.3 is 0 Å².